The molecule has 120 valence electrons. The van der Waals surface area contributed by atoms with Gasteiger partial charge in [-0.15, -0.1) is 24.0 Å². The summed E-state index contributed by atoms with van der Waals surface area (Å²) in [4.78, 5) is 14.7. The molecule has 3 rings (SSSR count). The van der Waals surface area contributed by atoms with Crippen LogP contribution in [0.5, 0.6) is 0 Å². The summed E-state index contributed by atoms with van der Waals surface area (Å²) in [5.74, 6) is 2.10. The van der Waals surface area contributed by atoms with Crippen LogP contribution in [0.4, 0.5) is 0 Å². The standard InChI is InChI=1S/C16H23N5.HI/c1-17-16(21-11-4-5-12-21)18-10-6-9-15-19-13-7-2-3-8-14(13)20-15;/h2-3,7-8H,4-6,9-12H2,1H3,(H,17,18)(H,19,20);1H. The predicted octanol–water partition coefficient (Wildman–Crippen LogP) is 2.78. The third kappa shape index (κ3) is 4.12. The van der Waals surface area contributed by atoms with Crippen molar-refractivity contribution in [3.63, 3.8) is 0 Å². The molecule has 1 fully saturated rings. The Hall–Kier alpha value is -1.31. The number of halogens is 1. The average Bonchev–Trinajstić information content (AvgIpc) is 3.16. The molecule has 0 unspecified atom stereocenters. The summed E-state index contributed by atoms with van der Waals surface area (Å²) in [6.45, 7) is 3.19. The highest BCUT2D eigenvalue weighted by Gasteiger charge is 2.14. The van der Waals surface area contributed by atoms with Crippen LogP contribution in [0, 0.1) is 0 Å². The number of guanidine groups is 1. The van der Waals surface area contributed by atoms with E-state index in [4.69, 9.17) is 0 Å². The second-order valence-electron chi connectivity index (χ2n) is 5.47. The Kier molecular flexibility index (Phi) is 6.48. The maximum absolute atomic E-state index is 4.60. The van der Waals surface area contributed by atoms with Gasteiger partial charge in [0.25, 0.3) is 0 Å². The zero-order valence-corrected chi connectivity index (χ0v) is 15.3. The first kappa shape index (κ1) is 17.1. The predicted molar refractivity (Wildman–Crippen MR) is 102 cm³/mol. The van der Waals surface area contributed by atoms with E-state index in [1.807, 2.05) is 25.2 Å². The van der Waals surface area contributed by atoms with Crippen LogP contribution in [0.3, 0.4) is 0 Å². The van der Waals surface area contributed by atoms with E-state index in [1.54, 1.807) is 0 Å². The van der Waals surface area contributed by atoms with E-state index in [0.29, 0.717) is 0 Å². The number of para-hydroxylation sites is 2. The molecule has 22 heavy (non-hydrogen) atoms. The number of aliphatic imine (C=N–C) groups is 1. The Labute approximate surface area is 148 Å². The fraction of sp³-hybridized carbons (Fsp3) is 0.500. The molecule has 0 bridgehead atoms. The third-order valence-corrected chi connectivity index (χ3v) is 3.93. The fourth-order valence-electron chi connectivity index (χ4n) is 2.84. The number of hydrogen-bond donors (Lipinski definition) is 2. The summed E-state index contributed by atoms with van der Waals surface area (Å²) < 4.78 is 0. The van der Waals surface area contributed by atoms with Gasteiger partial charge in [-0.25, -0.2) is 4.98 Å². The number of imidazole rings is 1. The number of H-pyrrole nitrogens is 1. The van der Waals surface area contributed by atoms with Gasteiger partial charge in [0, 0.05) is 33.1 Å². The first-order valence-electron chi connectivity index (χ1n) is 7.76. The zero-order chi connectivity index (χ0) is 14.5. The Morgan fingerprint density at radius 2 is 2.09 bits per heavy atom. The summed E-state index contributed by atoms with van der Waals surface area (Å²) in [5.41, 5.74) is 2.17. The molecule has 0 atom stereocenters. The molecule has 2 heterocycles. The first-order valence-corrected chi connectivity index (χ1v) is 7.76. The second kappa shape index (κ2) is 8.36. The summed E-state index contributed by atoms with van der Waals surface area (Å²) >= 11 is 0. The number of likely N-dealkylation sites (tertiary alicyclic amines) is 1. The molecule has 0 radical (unpaired) electrons. The number of fused-ring (bicyclic) bond motifs is 1. The highest BCUT2D eigenvalue weighted by Crippen LogP contribution is 2.11. The quantitative estimate of drug-likeness (QED) is 0.351. The van der Waals surface area contributed by atoms with E-state index in [0.717, 1.165) is 55.3 Å². The molecule has 2 N–H and O–H groups in total. The van der Waals surface area contributed by atoms with Gasteiger partial charge in [0.15, 0.2) is 5.96 Å². The monoisotopic (exact) mass is 413 g/mol. The molecule has 1 saturated heterocycles. The van der Waals surface area contributed by atoms with Gasteiger partial charge in [-0.1, -0.05) is 12.1 Å². The molecule has 1 aromatic heterocycles. The van der Waals surface area contributed by atoms with E-state index in [-0.39, 0.29) is 24.0 Å². The number of aromatic amines is 1. The first-order chi connectivity index (χ1) is 10.4. The van der Waals surface area contributed by atoms with E-state index < -0.39 is 0 Å². The van der Waals surface area contributed by atoms with Crippen molar-refractivity contribution in [2.75, 3.05) is 26.7 Å². The molecule has 5 nitrogen and oxygen atoms in total. The van der Waals surface area contributed by atoms with E-state index in [1.165, 1.54) is 12.8 Å². The molecule has 1 aromatic carbocycles. The molecule has 0 saturated carbocycles. The number of aryl methyl sites for hydroxylation is 1. The van der Waals surface area contributed by atoms with Crippen molar-refractivity contribution >= 4 is 41.0 Å². The minimum Gasteiger partial charge on any atom is -0.356 e. The highest BCUT2D eigenvalue weighted by molar-refractivity contribution is 14.0. The lowest BCUT2D eigenvalue weighted by Gasteiger charge is -2.20. The van der Waals surface area contributed by atoms with Crippen molar-refractivity contribution in [2.45, 2.75) is 25.7 Å². The number of hydrogen-bond acceptors (Lipinski definition) is 2. The fourth-order valence-corrected chi connectivity index (χ4v) is 2.84. The number of aromatic nitrogens is 2. The SMILES string of the molecule is CN=C(NCCCc1nc2ccccc2[nH]1)N1CCCC1.I. The Morgan fingerprint density at radius 1 is 1.32 bits per heavy atom. The molecule has 1 aliphatic rings. The van der Waals surface area contributed by atoms with Crippen molar-refractivity contribution in [2.24, 2.45) is 4.99 Å². The number of benzene rings is 1. The van der Waals surface area contributed by atoms with Crippen molar-refractivity contribution in [3.8, 4) is 0 Å². The molecule has 2 aromatic rings. The largest absolute Gasteiger partial charge is 0.356 e. The molecular weight excluding hydrogens is 389 g/mol. The van der Waals surface area contributed by atoms with Gasteiger partial charge in [0.1, 0.15) is 5.82 Å². The van der Waals surface area contributed by atoms with Gasteiger partial charge < -0.3 is 15.2 Å². The lowest BCUT2D eigenvalue weighted by molar-refractivity contribution is 0.492. The number of nitrogens with one attached hydrogen (secondary N) is 2. The highest BCUT2D eigenvalue weighted by atomic mass is 127. The van der Waals surface area contributed by atoms with Gasteiger partial charge in [-0.2, -0.15) is 0 Å². The molecule has 0 spiro atoms. The van der Waals surface area contributed by atoms with Crippen LogP contribution in [0.2, 0.25) is 0 Å². The van der Waals surface area contributed by atoms with Crippen LogP contribution in [-0.2, 0) is 6.42 Å². The smallest absolute Gasteiger partial charge is 0.193 e. The number of rotatable bonds is 4. The maximum Gasteiger partial charge on any atom is 0.193 e. The Morgan fingerprint density at radius 3 is 2.82 bits per heavy atom. The second-order valence-corrected chi connectivity index (χ2v) is 5.47. The van der Waals surface area contributed by atoms with Crippen LogP contribution in [0.25, 0.3) is 11.0 Å². The van der Waals surface area contributed by atoms with Crippen LogP contribution in [0.15, 0.2) is 29.3 Å². The van der Waals surface area contributed by atoms with E-state index in [9.17, 15) is 0 Å². The summed E-state index contributed by atoms with van der Waals surface area (Å²) in [6, 6.07) is 8.17. The van der Waals surface area contributed by atoms with Gasteiger partial charge in [-0.3, -0.25) is 4.99 Å². The van der Waals surface area contributed by atoms with Gasteiger partial charge >= 0.3 is 0 Å². The van der Waals surface area contributed by atoms with Gasteiger partial charge in [-0.05, 0) is 31.4 Å². The lowest BCUT2D eigenvalue weighted by Crippen LogP contribution is -2.40. The van der Waals surface area contributed by atoms with Gasteiger partial charge in [0.2, 0.25) is 0 Å². The molecular formula is C16H24IN5. The summed E-state index contributed by atoms with van der Waals surface area (Å²) in [7, 11) is 1.86. The average molecular weight is 413 g/mol. The summed E-state index contributed by atoms with van der Waals surface area (Å²) in [6.07, 6.45) is 4.56. The Bertz CT molecular complexity index is 583. The topological polar surface area (TPSA) is 56.3 Å². The lowest BCUT2D eigenvalue weighted by atomic mass is 10.3. The number of nitrogens with zero attached hydrogens (tertiary/aromatic N) is 3. The van der Waals surface area contributed by atoms with Crippen molar-refractivity contribution in [1.29, 1.82) is 0 Å². The van der Waals surface area contributed by atoms with Crippen LogP contribution in [-0.4, -0.2) is 47.5 Å². The normalized spacial score (nSPS) is 15.1. The molecule has 0 aliphatic carbocycles. The minimum absolute atomic E-state index is 0. The summed E-state index contributed by atoms with van der Waals surface area (Å²) in [5, 5.41) is 3.45. The zero-order valence-electron chi connectivity index (χ0n) is 13.0. The van der Waals surface area contributed by atoms with E-state index >= 15 is 0 Å². The third-order valence-electron chi connectivity index (χ3n) is 3.93. The minimum atomic E-state index is 0. The van der Waals surface area contributed by atoms with Crippen molar-refractivity contribution in [3.05, 3.63) is 30.1 Å². The van der Waals surface area contributed by atoms with E-state index in [2.05, 4.69) is 31.2 Å². The van der Waals surface area contributed by atoms with Crippen LogP contribution >= 0.6 is 24.0 Å². The van der Waals surface area contributed by atoms with Gasteiger partial charge in [0.05, 0.1) is 11.0 Å². The molecule has 0 amide bonds. The van der Waals surface area contributed by atoms with Crippen LogP contribution in [0.1, 0.15) is 25.1 Å². The molecule has 1 aliphatic heterocycles. The van der Waals surface area contributed by atoms with Crippen molar-refractivity contribution < 1.29 is 0 Å². The maximum atomic E-state index is 4.60. The molecule has 6 heteroatoms. The Balaban J connectivity index is 0.00000176. The van der Waals surface area contributed by atoms with Crippen molar-refractivity contribution in [1.82, 2.24) is 20.2 Å². The van der Waals surface area contributed by atoms with Crippen LogP contribution < -0.4 is 5.32 Å².